The maximum absolute atomic E-state index is 12.2. The molecule has 1 aliphatic rings. The second kappa shape index (κ2) is 5.38. The summed E-state index contributed by atoms with van der Waals surface area (Å²) in [5, 5.41) is 0. The molecule has 1 amide bonds. The molecule has 1 saturated heterocycles. The minimum absolute atomic E-state index is 0.0892. The third-order valence-electron chi connectivity index (χ3n) is 3.78. The number of halogens is 1. The molecule has 0 radical (unpaired) electrons. The minimum Gasteiger partial charge on any atom is -0.306 e. The van der Waals surface area contributed by atoms with Gasteiger partial charge in [0.1, 0.15) is 0 Å². The van der Waals surface area contributed by atoms with Crippen LogP contribution in [0.15, 0.2) is 28.7 Å². The standard InChI is InChI=1S/C13H18BrN3O/c1-17-7-5-13(6-8-17,12(18)16-15)10-3-2-4-11(14)9-10/h2-4,9H,5-8,15H2,1H3,(H,16,18). The van der Waals surface area contributed by atoms with Crippen molar-refractivity contribution in [1.82, 2.24) is 10.3 Å². The molecule has 0 saturated carbocycles. The van der Waals surface area contributed by atoms with Crippen molar-refractivity contribution in [3.63, 3.8) is 0 Å². The van der Waals surface area contributed by atoms with E-state index in [0.29, 0.717) is 0 Å². The quantitative estimate of drug-likeness (QED) is 0.493. The summed E-state index contributed by atoms with van der Waals surface area (Å²) in [5.74, 6) is 5.28. The van der Waals surface area contributed by atoms with Crippen molar-refractivity contribution in [2.75, 3.05) is 20.1 Å². The molecule has 18 heavy (non-hydrogen) atoms. The average Bonchev–Trinajstić information content (AvgIpc) is 2.39. The Balaban J connectivity index is 2.39. The minimum atomic E-state index is -0.495. The van der Waals surface area contributed by atoms with Gasteiger partial charge in [0.15, 0.2) is 0 Å². The van der Waals surface area contributed by atoms with E-state index in [4.69, 9.17) is 5.84 Å². The lowest BCUT2D eigenvalue weighted by molar-refractivity contribution is -0.128. The predicted molar refractivity (Wildman–Crippen MR) is 74.9 cm³/mol. The number of nitrogens with two attached hydrogens (primary N) is 1. The second-order valence-corrected chi connectivity index (χ2v) is 5.78. The third-order valence-corrected chi connectivity index (χ3v) is 4.28. The highest BCUT2D eigenvalue weighted by Gasteiger charge is 2.42. The molecule has 1 fully saturated rings. The van der Waals surface area contributed by atoms with Crippen LogP contribution in [0.1, 0.15) is 18.4 Å². The molecule has 1 aliphatic heterocycles. The van der Waals surface area contributed by atoms with Gasteiger partial charge < -0.3 is 4.90 Å². The molecule has 0 aliphatic carbocycles. The summed E-state index contributed by atoms with van der Waals surface area (Å²) in [6, 6.07) is 7.95. The fourth-order valence-corrected chi connectivity index (χ4v) is 2.97. The molecule has 1 aromatic carbocycles. The Kier molecular flexibility index (Phi) is 4.04. The van der Waals surface area contributed by atoms with Gasteiger partial charge >= 0.3 is 0 Å². The number of nitrogens with one attached hydrogen (secondary N) is 1. The molecule has 0 atom stereocenters. The molecule has 0 spiro atoms. The predicted octanol–water partition coefficient (Wildman–Crippen LogP) is 1.40. The van der Waals surface area contributed by atoms with Crippen molar-refractivity contribution in [2.24, 2.45) is 5.84 Å². The van der Waals surface area contributed by atoms with Gasteiger partial charge in [-0.3, -0.25) is 10.2 Å². The number of rotatable bonds is 2. The number of amides is 1. The maximum Gasteiger partial charge on any atom is 0.244 e. The Labute approximate surface area is 116 Å². The Morgan fingerprint density at radius 3 is 2.67 bits per heavy atom. The zero-order chi connectivity index (χ0) is 13.2. The SMILES string of the molecule is CN1CCC(C(=O)NN)(c2cccc(Br)c2)CC1. The van der Waals surface area contributed by atoms with E-state index in [1.807, 2.05) is 24.3 Å². The second-order valence-electron chi connectivity index (χ2n) is 4.87. The smallest absolute Gasteiger partial charge is 0.244 e. The van der Waals surface area contributed by atoms with Crippen LogP contribution in [-0.2, 0) is 10.2 Å². The summed E-state index contributed by atoms with van der Waals surface area (Å²) in [4.78, 5) is 14.5. The first-order valence-electron chi connectivity index (χ1n) is 6.04. The van der Waals surface area contributed by atoms with Crippen LogP contribution in [0.25, 0.3) is 0 Å². The lowest BCUT2D eigenvalue weighted by atomic mass is 9.72. The van der Waals surface area contributed by atoms with Gasteiger partial charge in [0.2, 0.25) is 5.91 Å². The zero-order valence-corrected chi connectivity index (χ0v) is 12.0. The van der Waals surface area contributed by atoms with Crippen LogP contribution in [0, 0.1) is 0 Å². The molecule has 0 aromatic heterocycles. The van der Waals surface area contributed by atoms with Crippen molar-refractivity contribution in [3.05, 3.63) is 34.3 Å². The molecule has 1 heterocycles. The first-order valence-corrected chi connectivity index (χ1v) is 6.83. The molecule has 98 valence electrons. The normalized spacial score (nSPS) is 19.5. The van der Waals surface area contributed by atoms with Gasteiger partial charge in [-0.1, -0.05) is 28.1 Å². The van der Waals surface area contributed by atoms with E-state index in [2.05, 4.69) is 33.3 Å². The molecule has 3 N–H and O–H groups in total. The molecule has 5 heteroatoms. The van der Waals surface area contributed by atoms with Gasteiger partial charge in [0, 0.05) is 4.47 Å². The van der Waals surface area contributed by atoms with E-state index in [9.17, 15) is 4.79 Å². The zero-order valence-electron chi connectivity index (χ0n) is 10.4. The summed E-state index contributed by atoms with van der Waals surface area (Å²) >= 11 is 3.46. The molecular formula is C13H18BrN3O. The number of nitrogens with zero attached hydrogens (tertiary/aromatic N) is 1. The van der Waals surface area contributed by atoms with Gasteiger partial charge in [-0.05, 0) is 50.7 Å². The van der Waals surface area contributed by atoms with Crippen LogP contribution >= 0.6 is 15.9 Å². The van der Waals surface area contributed by atoms with Crippen molar-refractivity contribution in [2.45, 2.75) is 18.3 Å². The first-order chi connectivity index (χ1) is 8.58. The topological polar surface area (TPSA) is 58.4 Å². The third kappa shape index (κ3) is 2.43. The van der Waals surface area contributed by atoms with Gasteiger partial charge in [0.05, 0.1) is 5.41 Å². The van der Waals surface area contributed by atoms with Crippen molar-refractivity contribution >= 4 is 21.8 Å². The number of carbonyl (C=O) groups excluding carboxylic acids is 1. The van der Waals surface area contributed by atoms with Crippen molar-refractivity contribution < 1.29 is 4.79 Å². The Hall–Kier alpha value is -0.910. The fourth-order valence-electron chi connectivity index (χ4n) is 2.57. The monoisotopic (exact) mass is 311 g/mol. The molecule has 2 rings (SSSR count). The van der Waals surface area contributed by atoms with Crippen LogP contribution in [0.2, 0.25) is 0 Å². The van der Waals surface area contributed by atoms with E-state index in [-0.39, 0.29) is 5.91 Å². The Morgan fingerprint density at radius 1 is 1.44 bits per heavy atom. The van der Waals surface area contributed by atoms with Crippen LogP contribution < -0.4 is 11.3 Å². The first kappa shape index (κ1) is 13.5. The molecule has 4 nitrogen and oxygen atoms in total. The van der Waals surface area contributed by atoms with Gasteiger partial charge in [0.25, 0.3) is 0 Å². The lowest BCUT2D eigenvalue weighted by Crippen LogP contribution is -2.52. The van der Waals surface area contributed by atoms with Gasteiger partial charge in [-0.2, -0.15) is 0 Å². The number of piperidine rings is 1. The molecule has 0 bridgehead atoms. The van der Waals surface area contributed by atoms with Crippen LogP contribution in [-0.4, -0.2) is 30.9 Å². The van der Waals surface area contributed by atoms with Gasteiger partial charge in [-0.25, -0.2) is 5.84 Å². The van der Waals surface area contributed by atoms with Crippen LogP contribution in [0.3, 0.4) is 0 Å². The number of hydrazine groups is 1. The summed E-state index contributed by atoms with van der Waals surface area (Å²) in [6.45, 7) is 1.81. The highest BCUT2D eigenvalue weighted by Crippen LogP contribution is 2.36. The average molecular weight is 312 g/mol. The maximum atomic E-state index is 12.2. The Morgan fingerprint density at radius 2 is 2.11 bits per heavy atom. The number of hydrogen-bond donors (Lipinski definition) is 2. The number of likely N-dealkylation sites (tertiary alicyclic amines) is 1. The van der Waals surface area contributed by atoms with Crippen LogP contribution in [0.4, 0.5) is 0 Å². The van der Waals surface area contributed by atoms with Gasteiger partial charge in [-0.15, -0.1) is 0 Å². The highest BCUT2D eigenvalue weighted by molar-refractivity contribution is 9.10. The Bertz CT molecular complexity index is 442. The van der Waals surface area contributed by atoms with E-state index >= 15 is 0 Å². The fraction of sp³-hybridized carbons (Fsp3) is 0.462. The summed E-state index contributed by atoms with van der Waals surface area (Å²) in [7, 11) is 2.07. The summed E-state index contributed by atoms with van der Waals surface area (Å²) in [5.41, 5.74) is 2.88. The summed E-state index contributed by atoms with van der Waals surface area (Å²) < 4.78 is 0.989. The number of benzene rings is 1. The number of carbonyl (C=O) groups is 1. The lowest BCUT2D eigenvalue weighted by Gasteiger charge is -2.39. The van der Waals surface area contributed by atoms with E-state index in [1.54, 1.807) is 0 Å². The molecule has 1 aromatic rings. The van der Waals surface area contributed by atoms with Crippen molar-refractivity contribution in [1.29, 1.82) is 0 Å². The van der Waals surface area contributed by atoms with E-state index in [0.717, 1.165) is 36.0 Å². The summed E-state index contributed by atoms with van der Waals surface area (Å²) in [6.07, 6.45) is 1.59. The van der Waals surface area contributed by atoms with E-state index < -0.39 is 5.41 Å². The van der Waals surface area contributed by atoms with E-state index in [1.165, 1.54) is 0 Å². The highest BCUT2D eigenvalue weighted by atomic mass is 79.9. The molecular weight excluding hydrogens is 294 g/mol. The number of hydrogen-bond acceptors (Lipinski definition) is 3. The largest absolute Gasteiger partial charge is 0.306 e. The van der Waals surface area contributed by atoms with Crippen molar-refractivity contribution in [3.8, 4) is 0 Å². The van der Waals surface area contributed by atoms with Crippen LogP contribution in [0.5, 0.6) is 0 Å². The molecule has 0 unspecified atom stereocenters.